The number of benzene rings is 2. The molecule has 1 aliphatic rings. The third-order valence-corrected chi connectivity index (χ3v) is 5.21. The Labute approximate surface area is 184 Å². The van der Waals surface area contributed by atoms with E-state index in [0.717, 1.165) is 22.4 Å². The van der Waals surface area contributed by atoms with Gasteiger partial charge in [-0.25, -0.2) is 0 Å². The Bertz CT molecular complexity index is 1030. The van der Waals surface area contributed by atoms with Crippen LogP contribution < -0.4 is 10.1 Å². The van der Waals surface area contributed by atoms with Crippen molar-refractivity contribution in [1.29, 1.82) is 0 Å². The fraction of sp³-hybridized carbons (Fsp3) is 0.250. The number of nitrogens with one attached hydrogen (secondary N) is 1. The van der Waals surface area contributed by atoms with Gasteiger partial charge in [-0.3, -0.25) is 0 Å². The van der Waals surface area contributed by atoms with E-state index in [1.807, 2.05) is 30.2 Å². The number of fused-ring (bicyclic) bond motifs is 1. The number of aliphatic hydroxyl groups excluding tert-OH is 2. The fourth-order valence-electron chi connectivity index (χ4n) is 3.67. The predicted molar refractivity (Wildman–Crippen MR) is 119 cm³/mol. The molecule has 0 saturated heterocycles. The molecule has 3 N–H and O–H groups in total. The van der Waals surface area contributed by atoms with Crippen molar-refractivity contribution < 1.29 is 28.1 Å². The second-order valence-electron chi connectivity index (χ2n) is 7.39. The van der Waals surface area contributed by atoms with Gasteiger partial charge in [-0.2, -0.15) is 0 Å². The molecule has 0 spiro atoms. The molecule has 32 heavy (non-hydrogen) atoms. The average Bonchev–Trinajstić information content (AvgIpc) is 2.77. The first-order valence-electron chi connectivity index (χ1n) is 9.92. The number of ether oxygens (including phenoxy) is 1. The number of hydrogen-bond donors (Lipinski definition) is 3. The predicted octanol–water partition coefficient (Wildman–Crippen LogP) is 4.85. The van der Waals surface area contributed by atoms with Crippen LogP contribution in [-0.2, 0) is 6.54 Å². The summed E-state index contributed by atoms with van der Waals surface area (Å²) < 4.78 is 41.5. The van der Waals surface area contributed by atoms with Crippen molar-refractivity contribution in [3.05, 3.63) is 78.0 Å². The summed E-state index contributed by atoms with van der Waals surface area (Å²) in [7, 11) is 1.83. The summed E-state index contributed by atoms with van der Waals surface area (Å²) in [6.45, 7) is 8.13. The van der Waals surface area contributed by atoms with Gasteiger partial charge in [-0.1, -0.05) is 37.4 Å². The highest BCUT2D eigenvalue weighted by Crippen LogP contribution is 2.41. The topological polar surface area (TPSA) is 65.0 Å². The molecule has 1 heterocycles. The quantitative estimate of drug-likeness (QED) is 0.506. The standard InChI is InChI=1S/C24H25F3N2O3/c1-4-15(2)29(3)13-17-12-20(16-7-9-18(10-8-16)32-24(25,26)27)23-19(6-5-11-28-23)22(17)21(31)14-30/h4-10,12,21,28,30-31H,1-2,11,13-14H2,3H3. The van der Waals surface area contributed by atoms with Crippen LogP contribution in [0.1, 0.15) is 22.8 Å². The molecule has 0 aromatic heterocycles. The molecule has 0 fully saturated rings. The van der Waals surface area contributed by atoms with Gasteiger partial charge in [0.15, 0.2) is 0 Å². The van der Waals surface area contributed by atoms with Gasteiger partial charge < -0.3 is 25.2 Å². The number of halogens is 3. The van der Waals surface area contributed by atoms with Gasteiger partial charge >= 0.3 is 6.36 Å². The molecule has 0 saturated carbocycles. The first kappa shape index (κ1) is 23.4. The Morgan fingerprint density at radius 1 is 1.31 bits per heavy atom. The first-order valence-corrected chi connectivity index (χ1v) is 9.92. The van der Waals surface area contributed by atoms with Crippen LogP contribution in [0.4, 0.5) is 18.9 Å². The SMILES string of the molecule is C=CC(=C)N(C)Cc1cc(-c2ccc(OC(F)(F)F)cc2)c2c(c1C(O)CO)C=CCN2. The smallest absolute Gasteiger partial charge is 0.406 e. The van der Waals surface area contributed by atoms with Gasteiger partial charge in [0.25, 0.3) is 0 Å². The molecular weight excluding hydrogens is 421 g/mol. The van der Waals surface area contributed by atoms with Crippen LogP contribution in [0.25, 0.3) is 17.2 Å². The summed E-state index contributed by atoms with van der Waals surface area (Å²) >= 11 is 0. The van der Waals surface area contributed by atoms with E-state index in [0.29, 0.717) is 29.9 Å². The monoisotopic (exact) mass is 446 g/mol. The van der Waals surface area contributed by atoms with Gasteiger partial charge in [0.2, 0.25) is 0 Å². The Morgan fingerprint density at radius 3 is 2.59 bits per heavy atom. The second kappa shape index (κ2) is 9.50. The van der Waals surface area contributed by atoms with E-state index in [1.165, 1.54) is 12.1 Å². The van der Waals surface area contributed by atoms with Crippen molar-refractivity contribution in [1.82, 2.24) is 4.90 Å². The molecule has 170 valence electrons. The highest BCUT2D eigenvalue weighted by molar-refractivity contribution is 5.89. The molecular formula is C24H25F3N2O3. The first-order chi connectivity index (χ1) is 15.1. The van der Waals surface area contributed by atoms with Crippen molar-refractivity contribution in [2.24, 2.45) is 0 Å². The molecule has 8 heteroatoms. The normalized spacial score (nSPS) is 13.7. The molecule has 5 nitrogen and oxygen atoms in total. The van der Waals surface area contributed by atoms with E-state index < -0.39 is 19.1 Å². The summed E-state index contributed by atoms with van der Waals surface area (Å²) in [6.07, 6.45) is -0.486. The molecule has 3 rings (SSSR count). The van der Waals surface area contributed by atoms with E-state index in [1.54, 1.807) is 18.2 Å². The maximum Gasteiger partial charge on any atom is 0.573 e. The van der Waals surface area contributed by atoms with Crippen LogP contribution in [0.15, 0.2) is 61.3 Å². The van der Waals surface area contributed by atoms with Gasteiger partial charge in [0.1, 0.15) is 11.9 Å². The zero-order valence-electron chi connectivity index (χ0n) is 17.6. The lowest BCUT2D eigenvalue weighted by Crippen LogP contribution is -2.20. The van der Waals surface area contributed by atoms with Crippen LogP contribution in [0.5, 0.6) is 5.75 Å². The maximum atomic E-state index is 12.5. The Balaban J connectivity index is 2.14. The number of alkyl halides is 3. The second-order valence-corrected chi connectivity index (χ2v) is 7.39. The summed E-state index contributed by atoms with van der Waals surface area (Å²) in [6, 6.07) is 7.49. The van der Waals surface area contributed by atoms with E-state index in [2.05, 4.69) is 23.2 Å². The lowest BCUT2D eigenvalue weighted by atomic mass is 9.87. The average molecular weight is 446 g/mol. The molecule has 2 aromatic carbocycles. The highest BCUT2D eigenvalue weighted by atomic mass is 19.4. The largest absolute Gasteiger partial charge is 0.573 e. The van der Waals surface area contributed by atoms with Crippen molar-refractivity contribution in [2.75, 3.05) is 25.5 Å². The summed E-state index contributed by atoms with van der Waals surface area (Å²) in [5.74, 6) is -0.308. The van der Waals surface area contributed by atoms with Gasteiger partial charge in [-0.05, 0) is 41.0 Å². The van der Waals surface area contributed by atoms with Crippen LogP contribution in [0.2, 0.25) is 0 Å². The molecule has 0 amide bonds. The Morgan fingerprint density at radius 2 is 2.00 bits per heavy atom. The van der Waals surface area contributed by atoms with Gasteiger partial charge in [-0.15, -0.1) is 13.2 Å². The lowest BCUT2D eigenvalue weighted by molar-refractivity contribution is -0.274. The number of aliphatic hydroxyl groups is 2. The molecule has 2 aromatic rings. The number of anilines is 1. The minimum absolute atomic E-state index is 0.308. The fourth-order valence-corrected chi connectivity index (χ4v) is 3.67. The third kappa shape index (κ3) is 5.15. The van der Waals surface area contributed by atoms with E-state index in [-0.39, 0.29) is 5.75 Å². The number of likely N-dealkylation sites (N-methyl/N-ethyl adjacent to an activating group) is 1. The summed E-state index contributed by atoms with van der Waals surface area (Å²) in [5.41, 5.74) is 4.88. The third-order valence-electron chi connectivity index (χ3n) is 5.21. The molecule has 0 bridgehead atoms. The van der Waals surface area contributed by atoms with Crippen molar-refractivity contribution in [3.63, 3.8) is 0 Å². The van der Waals surface area contributed by atoms with Crippen LogP contribution >= 0.6 is 0 Å². The maximum absolute atomic E-state index is 12.5. The molecule has 1 unspecified atom stereocenters. The van der Waals surface area contributed by atoms with Crippen LogP contribution in [0.3, 0.4) is 0 Å². The van der Waals surface area contributed by atoms with Gasteiger partial charge in [0, 0.05) is 42.6 Å². The Hall–Kier alpha value is -3.23. The molecule has 0 aliphatic carbocycles. The van der Waals surface area contributed by atoms with E-state index in [4.69, 9.17) is 0 Å². The number of nitrogens with zero attached hydrogens (tertiary/aromatic N) is 1. The molecule has 0 radical (unpaired) electrons. The number of rotatable bonds is 8. The van der Waals surface area contributed by atoms with E-state index in [9.17, 15) is 23.4 Å². The Kier molecular flexibility index (Phi) is 6.96. The van der Waals surface area contributed by atoms with Crippen LogP contribution in [0, 0.1) is 0 Å². The zero-order chi connectivity index (χ0) is 23.5. The van der Waals surface area contributed by atoms with Crippen molar-refractivity contribution in [3.8, 4) is 16.9 Å². The number of allylic oxidation sites excluding steroid dienone is 1. The van der Waals surface area contributed by atoms with Crippen molar-refractivity contribution in [2.45, 2.75) is 19.0 Å². The highest BCUT2D eigenvalue weighted by Gasteiger charge is 2.31. The zero-order valence-corrected chi connectivity index (χ0v) is 17.6. The molecule has 1 aliphatic heterocycles. The minimum Gasteiger partial charge on any atom is -0.406 e. The van der Waals surface area contributed by atoms with Gasteiger partial charge in [0.05, 0.1) is 6.61 Å². The summed E-state index contributed by atoms with van der Waals surface area (Å²) in [4.78, 5) is 1.85. The molecule has 1 atom stereocenters. The van der Waals surface area contributed by atoms with Crippen LogP contribution in [-0.4, -0.2) is 41.7 Å². The lowest BCUT2D eigenvalue weighted by Gasteiger charge is -2.28. The summed E-state index contributed by atoms with van der Waals surface area (Å²) in [5, 5.41) is 23.5. The number of hydrogen-bond acceptors (Lipinski definition) is 5. The van der Waals surface area contributed by atoms with Crippen molar-refractivity contribution >= 4 is 11.8 Å². The van der Waals surface area contributed by atoms with E-state index >= 15 is 0 Å². The minimum atomic E-state index is -4.76.